The smallest absolute Gasteiger partial charge is 0.258 e. The Labute approximate surface area is 216 Å². The van der Waals surface area contributed by atoms with Crippen molar-refractivity contribution >= 4 is 28.8 Å². The van der Waals surface area contributed by atoms with Crippen LogP contribution in [0.3, 0.4) is 0 Å². The van der Waals surface area contributed by atoms with Crippen molar-refractivity contribution in [2.45, 2.75) is 52.6 Å². The van der Waals surface area contributed by atoms with Gasteiger partial charge in [0.25, 0.3) is 5.91 Å². The second kappa shape index (κ2) is 10.6. The van der Waals surface area contributed by atoms with E-state index in [-0.39, 0.29) is 28.4 Å². The summed E-state index contributed by atoms with van der Waals surface area (Å²) in [6.07, 6.45) is 5.05. The number of hydrogen-bond acceptors (Lipinski definition) is 6. The molecule has 0 spiro atoms. The molecule has 1 amide bonds. The number of carbonyl (C=O) groups is 1. The van der Waals surface area contributed by atoms with Crippen LogP contribution >= 0.6 is 11.6 Å². The Balaban J connectivity index is 1.74. The largest absolute Gasteiger partial charge is 0.490 e. The van der Waals surface area contributed by atoms with Crippen molar-refractivity contribution in [2.24, 2.45) is 5.92 Å². The Hall–Kier alpha value is -2.91. The predicted octanol–water partition coefficient (Wildman–Crippen LogP) is 4.42. The van der Waals surface area contributed by atoms with E-state index in [0.29, 0.717) is 35.2 Å². The van der Waals surface area contributed by atoms with Gasteiger partial charge in [-0.15, -0.1) is 0 Å². The molecule has 3 aromatic rings. The number of hydrogen-bond donors (Lipinski definition) is 2. The zero-order chi connectivity index (χ0) is 26.1. The number of rotatable bonds is 7. The number of halogens is 2. The van der Waals surface area contributed by atoms with Gasteiger partial charge in [-0.25, -0.2) is 14.4 Å². The standard InChI is InChI=1S/C26H34ClFN6O2/c1-14(2)36-23-18(15(3)25-32-16(4)22-24(29)30-8-11-34(22)25)12-19(27)21(28)20(23)26(35)31-13-17-6-9-33(5)10-7-17/h8,11-12,14-15,17H,6-7,9-10,13H2,1-5H3,(H2,29,30)(H,31,35). The molecule has 0 bridgehead atoms. The van der Waals surface area contributed by atoms with Crippen molar-refractivity contribution in [3.8, 4) is 5.75 Å². The number of ether oxygens (including phenoxy) is 1. The molecule has 10 heteroatoms. The summed E-state index contributed by atoms with van der Waals surface area (Å²) < 4.78 is 23.4. The van der Waals surface area contributed by atoms with Gasteiger partial charge in [0, 0.05) is 30.4 Å². The minimum absolute atomic E-state index is 0.142. The molecule has 0 aliphatic carbocycles. The summed E-state index contributed by atoms with van der Waals surface area (Å²) >= 11 is 6.34. The number of aryl methyl sites for hydroxylation is 1. The number of nitrogens with zero attached hydrogens (tertiary/aromatic N) is 4. The number of likely N-dealkylation sites (tertiary alicyclic amines) is 1. The molecule has 1 aromatic carbocycles. The van der Waals surface area contributed by atoms with Crippen molar-refractivity contribution in [2.75, 3.05) is 32.4 Å². The summed E-state index contributed by atoms with van der Waals surface area (Å²) in [5, 5.41) is 2.79. The van der Waals surface area contributed by atoms with E-state index in [2.05, 4.69) is 22.2 Å². The molecular weight excluding hydrogens is 483 g/mol. The fraction of sp³-hybridized carbons (Fsp3) is 0.500. The second-order valence-electron chi connectivity index (χ2n) is 9.90. The number of amides is 1. The Bertz CT molecular complexity index is 1270. The average Bonchev–Trinajstić information content (AvgIpc) is 3.17. The summed E-state index contributed by atoms with van der Waals surface area (Å²) in [6, 6.07) is 1.52. The van der Waals surface area contributed by atoms with E-state index in [1.165, 1.54) is 6.07 Å². The molecule has 1 unspecified atom stereocenters. The lowest BCUT2D eigenvalue weighted by atomic mass is 9.95. The first-order chi connectivity index (χ1) is 17.1. The number of carbonyl (C=O) groups excluding carboxylic acids is 1. The van der Waals surface area contributed by atoms with E-state index in [9.17, 15) is 4.79 Å². The number of anilines is 1. The first kappa shape index (κ1) is 26.2. The summed E-state index contributed by atoms with van der Waals surface area (Å²) in [5.74, 6) is -0.163. The van der Waals surface area contributed by atoms with Crippen LogP contribution in [-0.2, 0) is 0 Å². The van der Waals surface area contributed by atoms with Crippen LogP contribution in [0.2, 0.25) is 5.02 Å². The summed E-state index contributed by atoms with van der Waals surface area (Å²) in [6.45, 7) is 9.88. The first-order valence-corrected chi connectivity index (χ1v) is 12.7. The number of nitrogen functional groups attached to an aromatic ring is 1. The summed E-state index contributed by atoms with van der Waals surface area (Å²) in [5.41, 5.74) is 7.91. The zero-order valence-electron chi connectivity index (χ0n) is 21.4. The van der Waals surface area contributed by atoms with E-state index >= 15 is 4.39 Å². The summed E-state index contributed by atoms with van der Waals surface area (Å²) in [7, 11) is 2.09. The van der Waals surface area contributed by atoms with Crippen LogP contribution in [0.15, 0.2) is 18.5 Å². The molecule has 2 aromatic heterocycles. The third-order valence-electron chi connectivity index (χ3n) is 6.81. The molecule has 1 saturated heterocycles. The van der Waals surface area contributed by atoms with Gasteiger partial charge < -0.3 is 20.7 Å². The van der Waals surface area contributed by atoms with E-state index < -0.39 is 11.7 Å². The maximum absolute atomic E-state index is 15.4. The Morgan fingerprint density at radius 3 is 2.69 bits per heavy atom. The van der Waals surface area contributed by atoms with Gasteiger partial charge in [0.2, 0.25) is 0 Å². The van der Waals surface area contributed by atoms with Crippen LogP contribution in [0.1, 0.15) is 67.0 Å². The monoisotopic (exact) mass is 516 g/mol. The summed E-state index contributed by atoms with van der Waals surface area (Å²) in [4.78, 5) is 24.5. The van der Waals surface area contributed by atoms with Gasteiger partial charge in [0.15, 0.2) is 5.82 Å². The highest BCUT2D eigenvalue weighted by molar-refractivity contribution is 6.31. The van der Waals surface area contributed by atoms with Gasteiger partial charge in [-0.05, 0) is 65.7 Å². The van der Waals surface area contributed by atoms with Gasteiger partial charge in [-0.3, -0.25) is 9.20 Å². The van der Waals surface area contributed by atoms with Gasteiger partial charge in [-0.1, -0.05) is 18.5 Å². The maximum Gasteiger partial charge on any atom is 0.258 e. The van der Waals surface area contributed by atoms with Crippen LogP contribution in [0.4, 0.5) is 10.2 Å². The molecule has 0 radical (unpaired) electrons. The average molecular weight is 517 g/mol. The van der Waals surface area contributed by atoms with E-state index in [1.807, 2.05) is 32.1 Å². The lowest BCUT2D eigenvalue weighted by Gasteiger charge is -2.29. The number of fused-ring (bicyclic) bond motifs is 1. The minimum atomic E-state index is -0.790. The molecule has 4 rings (SSSR count). The second-order valence-corrected chi connectivity index (χ2v) is 10.3. The highest BCUT2D eigenvalue weighted by Crippen LogP contribution is 2.40. The normalized spacial score (nSPS) is 16.0. The van der Waals surface area contributed by atoms with Crippen LogP contribution in [0.25, 0.3) is 5.52 Å². The van der Waals surface area contributed by atoms with Crippen molar-refractivity contribution in [3.05, 3.63) is 51.9 Å². The number of aromatic nitrogens is 3. The number of nitrogens with two attached hydrogens (primary N) is 1. The third kappa shape index (κ3) is 5.13. The van der Waals surface area contributed by atoms with Crippen LogP contribution in [0, 0.1) is 18.7 Å². The molecule has 1 atom stereocenters. The fourth-order valence-electron chi connectivity index (χ4n) is 4.82. The molecule has 0 saturated carbocycles. The Morgan fingerprint density at radius 1 is 1.33 bits per heavy atom. The van der Waals surface area contributed by atoms with E-state index in [1.54, 1.807) is 12.4 Å². The van der Waals surface area contributed by atoms with Gasteiger partial charge in [-0.2, -0.15) is 0 Å². The number of benzene rings is 1. The van der Waals surface area contributed by atoms with E-state index in [4.69, 9.17) is 27.1 Å². The Kier molecular flexibility index (Phi) is 7.70. The van der Waals surface area contributed by atoms with Crippen molar-refractivity contribution in [1.29, 1.82) is 0 Å². The molecule has 1 aliphatic heterocycles. The van der Waals surface area contributed by atoms with Crippen molar-refractivity contribution < 1.29 is 13.9 Å². The molecule has 3 heterocycles. The Morgan fingerprint density at radius 2 is 2.03 bits per heavy atom. The number of imidazole rings is 1. The van der Waals surface area contributed by atoms with Gasteiger partial charge in [0.1, 0.15) is 28.5 Å². The van der Waals surface area contributed by atoms with Gasteiger partial charge in [0.05, 0.1) is 16.8 Å². The zero-order valence-corrected chi connectivity index (χ0v) is 22.2. The molecule has 1 aliphatic rings. The molecule has 36 heavy (non-hydrogen) atoms. The van der Waals surface area contributed by atoms with Crippen LogP contribution in [-0.4, -0.2) is 58.0 Å². The fourth-order valence-corrected chi connectivity index (χ4v) is 5.03. The molecule has 8 nitrogen and oxygen atoms in total. The van der Waals surface area contributed by atoms with Gasteiger partial charge >= 0.3 is 0 Å². The van der Waals surface area contributed by atoms with E-state index in [0.717, 1.165) is 31.6 Å². The highest BCUT2D eigenvalue weighted by atomic mass is 35.5. The SMILES string of the molecule is Cc1nc(C(C)c2cc(Cl)c(F)c(C(=O)NCC3CCN(C)CC3)c2OC(C)C)n2ccnc(N)c12. The highest BCUT2D eigenvalue weighted by Gasteiger charge is 2.30. The molecular formula is C26H34ClFN6O2. The van der Waals surface area contributed by atoms with Crippen molar-refractivity contribution in [3.63, 3.8) is 0 Å². The lowest BCUT2D eigenvalue weighted by molar-refractivity contribution is 0.0928. The molecule has 3 N–H and O–H groups in total. The van der Waals surface area contributed by atoms with Crippen LogP contribution < -0.4 is 15.8 Å². The van der Waals surface area contributed by atoms with Crippen molar-refractivity contribution in [1.82, 2.24) is 24.6 Å². The first-order valence-electron chi connectivity index (χ1n) is 12.3. The molecule has 1 fully saturated rings. The maximum atomic E-state index is 15.4. The van der Waals surface area contributed by atoms with Crippen LogP contribution in [0.5, 0.6) is 5.75 Å². The number of nitrogens with one attached hydrogen (secondary N) is 1. The predicted molar refractivity (Wildman–Crippen MR) is 139 cm³/mol. The minimum Gasteiger partial charge on any atom is -0.490 e. The lowest BCUT2D eigenvalue weighted by Crippen LogP contribution is -2.37. The molecule has 194 valence electrons. The quantitative estimate of drug-likeness (QED) is 0.482. The topological polar surface area (TPSA) is 97.8 Å². The third-order valence-corrected chi connectivity index (χ3v) is 7.08. The number of piperidine rings is 1.